The second kappa shape index (κ2) is 6.50. The summed E-state index contributed by atoms with van der Waals surface area (Å²) in [5.41, 5.74) is -0.116. The van der Waals surface area contributed by atoms with E-state index in [9.17, 15) is 24.9 Å². The van der Waals surface area contributed by atoms with Gasteiger partial charge in [0.15, 0.2) is 0 Å². The molecule has 1 saturated carbocycles. The van der Waals surface area contributed by atoms with Gasteiger partial charge in [0, 0.05) is 22.6 Å². The van der Waals surface area contributed by atoms with Crippen LogP contribution in [0.5, 0.6) is 0 Å². The van der Waals surface area contributed by atoms with Crippen LogP contribution in [-0.4, -0.2) is 39.7 Å². The molecule has 0 aromatic carbocycles. The van der Waals surface area contributed by atoms with Crippen LogP contribution >= 0.6 is 0 Å². The zero-order chi connectivity index (χ0) is 19.3. The first-order valence-corrected chi connectivity index (χ1v) is 9.31. The van der Waals surface area contributed by atoms with Crippen molar-refractivity contribution in [3.8, 4) is 0 Å². The van der Waals surface area contributed by atoms with Gasteiger partial charge in [-0.1, -0.05) is 26.8 Å². The monoisotopic (exact) mass is 364 g/mol. The molecule has 0 aromatic heterocycles. The maximum absolute atomic E-state index is 11.8. The molecule has 0 bridgehead atoms. The molecule has 0 saturated heterocycles. The summed E-state index contributed by atoms with van der Waals surface area (Å²) in [4.78, 5) is 23.2. The van der Waals surface area contributed by atoms with E-state index in [1.165, 1.54) is 6.08 Å². The first kappa shape index (κ1) is 19.1. The number of esters is 1. The maximum atomic E-state index is 11.8. The molecule has 144 valence electrons. The molecule has 0 spiro atoms. The van der Waals surface area contributed by atoms with Crippen LogP contribution in [0.15, 0.2) is 23.3 Å². The Labute approximate surface area is 153 Å². The highest BCUT2D eigenvalue weighted by atomic mass is 16.6. The number of carbonyl (C=O) groups is 2. The highest BCUT2D eigenvalue weighted by Gasteiger charge is 2.59. The molecule has 26 heavy (non-hydrogen) atoms. The molecule has 3 aliphatic rings. The number of rotatable bonds is 4. The number of allylic oxidation sites excluding steroid dienone is 1. The minimum Gasteiger partial charge on any atom is -0.478 e. The maximum Gasteiger partial charge on any atom is 0.333 e. The quantitative estimate of drug-likeness (QED) is 0.662. The Hall–Kier alpha value is -1.66. The number of carboxylic acid groups (broad SMARTS) is 1. The summed E-state index contributed by atoms with van der Waals surface area (Å²) in [6.45, 7) is 6.13. The van der Waals surface area contributed by atoms with E-state index in [2.05, 4.69) is 13.8 Å². The van der Waals surface area contributed by atoms with Gasteiger partial charge in [0.05, 0.1) is 6.10 Å². The van der Waals surface area contributed by atoms with E-state index in [0.29, 0.717) is 36.8 Å². The number of ether oxygens (including phenoxy) is 1. The van der Waals surface area contributed by atoms with Crippen molar-refractivity contribution in [2.45, 2.75) is 65.3 Å². The summed E-state index contributed by atoms with van der Waals surface area (Å²) in [7, 11) is 0. The van der Waals surface area contributed by atoms with Gasteiger partial charge >= 0.3 is 11.9 Å². The average Bonchev–Trinajstić information content (AvgIpc) is 2.88. The molecule has 1 aliphatic heterocycles. The molecule has 1 fully saturated rings. The van der Waals surface area contributed by atoms with E-state index in [0.717, 1.165) is 6.42 Å². The lowest BCUT2D eigenvalue weighted by Gasteiger charge is -2.59. The van der Waals surface area contributed by atoms with E-state index >= 15 is 0 Å². The van der Waals surface area contributed by atoms with E-state index in [4.69, 9.17) is 4.74 Å². The highest BCUT2D eigenvalue weighted by molar-refractivity contribution is 5.88. The van der Waals surface area contributed by atoms with Crippen molar-refractivity contribution < 1.29 is 29.6 Å². The summed E-state index contributed by atoms with van der Waals surface area (Å²) < 4.78 is 4.76. The van der Waals surface area contributed by atoms with Crippen LogP contribution in [0.1, 0.15) is 52.9 Å². The van der Waals surface area contributed by atoms with Crippen molar-refractivity contribution in [2.75, 3.05) is 0 Å². The third-order valence-electron chi connectivity index (χ3n) is 7.33. The lowest BCUT2D eigenvalue weighted by Crippen LogP contribution is -2.57. The van der Waals surface area contributed by atoms with Crippen LogP contribution in [-0.2, 0) is 14.3 Å². The Bertz CT molecular complexity index is 680. The van der Waals surface area contributed by atoms with Gasteiger partial charge in [-0.2, -0.15) is 0 Å². The minimum absolute atomic E-state index is 0.0145. The van der Waals surface area contributed by atoms with E-state index in [-0.39, 0.29) is 17.3 Å². The molecule has 0 aromatic rings. The summed E-state index contributed by atoms with van der Waals surface area (Å²) in [6.07, 6.45) is 4.49. The number of aliphatic hydroxyl groups excluding tert-OH is 2. The van der Waals surface area contributed by atoms with E-state index in [1.54, 1.807) is 6.08 Å². The average molecular weight is 364 g/mol. The van der Waals surface area contributed by atoms with E-state index in [1.807, 2.05) is 6.92 Å². The van der Waals surface area contributed by atoms with Crippen LogP contribution in [0, 0.1) is 22.7 Å². The molecule has 0 unspecified atom stereocenters. The number of hydrogen-bond donors (Lipinski definition) is 3. The third-order valence-corrected chi connectivity index (χ3v) is 7.33. The summed E-state index contributed by atoms with van der Waals surface area (Å²) in [6, 6.07) is 0. The van der Waals surface area contributed by atoms with Gasteiger partial charge in [-0.15, -0.1) is 0 Å². The predicted molar refractivity (Wildman–Crippen MR) is 93.9 cm³/mol. The van der Waals surface area contributed by atoms with Crippen LogP contribution in [0.25, 0.3) is 0 Å². The number of carbonyl (C=O) groups excluding carboxylic acids is 1. The molecule has 6 atom stereocenters. The predicted octanol–water partition coefficient (Wildman–Crippen LogP) is 2.40. The van der Waals surface area contributed by atoms with Crippen LogP contribution in [0.3, 0.4) is 0 Å². The summed E-state index contributed by atoms with van der Waals surface area (Å²) in [5.74, 6) is -1.27. The Kier molecular flexibility index (Phi) is 4.78. The molecule has 0 amide bonds. The number of aliphatic carboxylic acids is 1. The molecule has 3 rings (SSSR count). The van der Waals surface area contributed by atoms with E-state index < -0.39 is 29.7 Å². The van der Waals surface area contributed by atoms with Gasteiger partial charge in [-0.25, -0.2) is 9.59 Å². The summed E-state index contributed by atoms with van der Waals surface area (Å²) in [5, 5.41) is 30.3. The van der Waals surface area contributed by atoms with Crippen molar-refractivity contribution >= 4 is 11.9 Å². The lowest BCUT2D eigenvalue weighted by molar-refractivity contribution is -0.151. The first-order chi connectivity index (χ1) is 12.1. The van der Waals surface area contributed by atoms with Crippen molar-refractivity contribution in [3.05, 3.63) is 23.3 Å². The van der Waals surface area contributed by atoms with Gasteiger partial charge in [0.1, 0.15) is 0 Å². The standard InChI is InChI=1S/C20H28O6/c1-11-9-15(21)20(3)13(17(23)24)5-4-6-14(20)19(11,2)8-7-12-10-16(22)26-18(12)25/h5,10-11,14-15,18,21,25H,4,6-9H2,1-3H3,(H,23,24)/t11-,14-,15-,18-,19-,20+/m0/s1. The van der Waals surface area contributed by atoms with Gasteiger partial charge < -0.3 is 20.1 Å². The van der Waals surface area contributed by atoms with Crippen LogP contribution in [0.4, 0.5) is 0 Å². The molecular formula is C20H28O6. The number of hydrogen-bond acceptors (Lipinski definition) is 5. The second-order valence-corrected chi connectivity index (χ2v) is 8.50. The normalized spacial score (nSPS) is 42.6. The molecular weight excluding hydrogens is 336 g/mol. The molecule has 0 radical (unpaired) electrons. The Morgan fingerprint density at radius 2 is 2.04 bits per heavy atom. The smallest absolute Gasteiger partial charge is 0.333 e. The molecule has 2 aliphatic carbocycles. The zero-order valence-corrected chi connectivity index (χ0v) is 15.6. The fourth-order valence-corrected chi connectivity index (χ4v) is 5.51. The van der Waals surface area contributed by atoms with Gasteiger partial charge in [-0.05, 0) is 49.4 Å². The van der Waals surface area contributed by atoms with Crippen LogP contribution < -0.4 is 0 Å². The Morgan fingerprint density at radius 3 is 2.62 bits per heavy atom. The Balaban J connectivity index is 1.91. The number of cyclic esters (lactones) is 1. The molecule has 6 nitrogen and oxygen atoms in total. The van der Waals surface area contributed by atoms with Gasteiger partial charge in [0.25, 0.3) is 0 Å². The van der Waals surface area contributed by atoms with Crippen molar-refractivity contribution in [1.82, 2.24) is 0 Å². The topological polar surface area (TPSA) is 104 Å². The summed E-state index contributed by atoms with van der Waals surface area (Å²) >= 11 is 0. The van der Waals surface area contributed by atoms with Crippen molar-refractivity contribution in [2.24, 2.45) is 22.7 Å². The molecule has 6 heteroatoms. The number of carboxylic acids is 1. The second-order valence-electron chi connectivity index (χ2n) is 8.50. The van der Waals surface area contributed by atoms with Gasteiger partial charge in [0.2, 0.25) is 6.29 Å². The highest BCUT2D eigenvalue weighted by Crippen LogP contribution is 2.62. The SMILES string of the molecule is C[C@H]1C[C@H](O)[C@]2(C)C(C(=O)O)=CCC[C@H]2[C@@]1(C)CCC1=CC(=O)O[C@@H]1O. The van der Waals surface area contributed by atoms with Crippen molar-refractivity contribution in [1.29, 1.82) is 0 Å². The van der Waals surface area contributed by atoms with Crippen molar-refractivity contribution in [3.63, 3.8) is 0 Å². The zero-order valence-electron chi connectivity index (χ0n) is 15.6. The Morgan fingerprint density at radius 1 is 1.35 bits per heavy atom. The fourth-order valence-electron chi connectivity index (χ4n) is 5.51. The molecule has 1 heterocycles. The number of aliphatic hydroxyl groups is 2. The van der Waals surface area contributed by atoms with Gasteiger partial charge in [-0.3, -0.25) is 0 Å². The third kappa shape index (κ3) is 2.79. The van der Waals surface area contributed by atoms with Crippen LogP contribution in [0.2, 0.25) is 0 Å². The molecule has 3 N–H and O–H groups in total. The largest absolute Gasteiger partial charge is 0.478 e. The fraction of sp³-hybridized carbons (Fsp3) is 0.700. The number of fused-ring (bicyclic) bond motifs is 1. The lowest BCUT2D eigenvalue weighted by atomic mass is 9.45. The first-order valence-electron chi connectivity index (χ1n) is 9.31. The minimum atomic E-state index is -1.18.